The van der Waals surface area contributed by atoms with E-state index in [9.17, 15) is 23.1 Å². The second-order valence-corrected chi connectivity index (χ2v) is 7.38. The van der Waals surface area contributed by atoms with Crippen molar-refractivity contribution in [1.29, 1.82) is 0 Å². The van der Waals surface area contributed by atoms with Crippen LogP contribution in [0.15, 0.2) is 30.3 Å². The molecule has 0 spiro atoms. The van der Waals surface area contributed by atoms with Gasteiger partial charge in [-0.25, -0.2) is 0 Å². The van der Waals surface area contributed by atoms with Crippen LogP contribution in [0.5, 0.6) is 0 Å². The van der Waals surface area contributed by atoms with Gasteiger partial charge >= 0.3 is 11.9 Å². The number of carboxylic acid groups (broad SMARTS) is 1. The first kappa shape index (κ1) is 19.4. The Hall–Kier alpha value is -1.97. The van der Waals surface area contributed by atoms with Crippen LogP contribution >= 0.6 is 0 Å². The van der Waals surface area contributed by atoms with Gasteiger partial charge < -0.3 is 9.84 Å². The summed E-state index contributed by atoms with van der Waals surface area (Å²) in [5, 5.41) is 9.36. The first-order valence-corrected chi connectivity index (χ1v) is 9.51. The Bertz CT molecular complexity index is 707. The smallest absolute Gasteiger partial charge is 0.324 e. The summed E-state index contributed by atoms with van der Waals surface area (Å²) in [6, 6.07) is 6.50. The SMILES string of the molecule is CCOC(=O)C1CCCN1S(=O)(=O)N[C@H](Cc1ccccc1)C(=O)O. The van der Waals surface area contributed by atoms with Crippen molar-refractivity contribution in [3.63, 3.8) is 0 Å². The van der Waals surface area contributed by atoms with Gasteiger partial charge in [0.15, 0.2) is 0 Å². The molecule has 2 atom stereocenters. The van der Waals surface area contributed by atoms with Crippen molar-refractivity contribution in [2.45, 2.75) is 38.3 Å². The van der Waals surface area contributed by atoms with Crippen LogP contribution in [0.25, 0.3) is 0 Å². The third kappa shape index (κ3) is 5.00. The largest absolute Gasteiger partial charge is 0.480 e. The molecule has 1 heterocycles. The average molecular weight is 370 g/mol. The van der Waals surface area contributed by atoms with E-state index >= 15 is 0 Å². The Kier molecular flexibility index (Phi) is 6.51. The normalized spacial score (nSPS) is 19.5. The maximum atomic E-state index is 12.6. The summed E-state index contributed by atoms with van der Waals surface area (Å²) in [7, 11) is -4.14. The van der Waals surface area contributed by atoms with Gasteiger partial charge in [-0.2, -0.15) is 17.4 Å². The molecule has 1 unspecified atom stereocenters. The fourth-order valence-electron chi connectivity index (χ4n) is 2.78. The van der Waals surface area contributed by atoms with Crippen molar-refractivity contribution in [1.82, 2.24) is 9.03 Å². The number of carboxylic acids is 1. The van der Waals surface area contributed by atoms with Gasteiger partial charge in [0.1, 0.15) is 12.1 Å². The molecule has 0 aromatic heterocycles. The lowest BCUT2D eigenvalue weighted by atomic mass is 10.1. The van der Waals surface area contributed by atoms with E-state index in [1.165, 1.54) is 0 Å². The number of hydrogen-bond acceptors (Lipinski definition) is 5. The van der Waals surface area contributed by atoms with Gasteiger partial charge in [0.2, 0.25) is 0 Å². The number of nitrogens with zero attached hydrogens (tertiary/aromatic N) is 1. The third-order valence-corrected chi connectivity index (χ3v) is 5.58. The van der Waals surface area contributed by atoms with Gasteiger partial charge in [0.05, 0.1) is 6.61 Å². The third-order valence-electron chi connectivity index (χ3n) is 3.94. The van der Waals surface area contributed by atoms with Crippen LogP contribution in [-0.2, 0) is 31.0 Å². The molecular formula is C16H22N2O6S. The Morgan fingerprint density at radius 1 is 1.36 bits per heavy atom. The highest BCUT2D eigenvalue weighted by Crippen LogP contribution is 2.22. The second kappa shape index (κ2) is 8.41. The zero-order valence-electron chi connectivity index (χ0n) is 13.9. The van der Waals surface area contributed by atoms with E-state index in [4.69, 9.17) is 4.74 Å². The summed E-state index contributed by atoms with van der Waals surface area (Å²) in [5.41, 5.74) is 0.695. The molecule has 9 heteroatoms. The maximum absolute atomic E-state index is 12.6. The molecule has 1 aliphatic heterocycles. The topological polar surface area (TPSA) is 113 Å². The first-order chi connectivity index (χ1) is 11.8. The van der Waals surface area contributed by atoms with Crippen molar-refractivity contribution >= 4 is 22.1 Å². The highest BCUT2D eigenvalue weighted by molar-refractivity contribution is 7.87. The minimum Gasteiger partial charge on any atom is -0.480 e. The van der Waals surface area contributed by atoms with Crippen LogP contribution < -0.4 is 4.72 Å². The van der Waals surface area contributed by atoms with Crippen LogP contribution in [-0.4, -0.2) is 55.0 Å². The van der Waals surface area contributed by atoms with Gasteiger partial charge in [-0.15, -0.1) is 0 Å². The molecule has 2 N–H and O–H groups in total. The predicted molar refractivity (Wildman–Crippen MR) is 90.0 cm³/mol. The minimum absolute atomic E-state index is 0.00726. The number of carbonyl (C=O) groups is 2. The van der Waals surface area contributed by atoms with E-state index in [0.29, 0.717) is 18.4 Å². The van der Waals surface area contributed by atoms with E-state index in [1.807, 2.05) is 0 Å². The highest BCUT2D eigenvalue weighted by Gasteiger charge is 2.41. The molecule has 1 fully saturated rings. The van der Waals surface area contributed by atoms with Crippen molar-refractivity contribution in [3.05, 3.63) is 35.9 Å². The summed E-state index contributed by atoms with van der Waals surface area (Å²) in [5.74, 6) is -1.89. The maximum Gasteiger partial charge on any atom is 0.324 e. The number of ether oxygens (including phenoxy) is 1. The number of benzene rings is 1. The van der Waals surface area contributed by atoms with Crippen LogP contribution in [0.3, 0.4) is 0 Å². The van der Waals surface area contributed by atoms with Crippen molar-refractivity contribution < 1.29 is 27.9 Å². The molecule has 0 aliphatic carbocycles. The molecule has 25 heavy (non-hydrogen) atoms. The summed E-state index contributed by atoms with van der Waals surface area (Å²) < 4.78 is 33.3. The molecule has 1 aliphatic rings. The zero-order valence-corrected chi connectivity index (χ0v) is 14.7. The predicted octanol–water partition coefficient (Wildman–Crippen LogP) is 0.544. The molecule has 0 bridgehead atoms. The van der Waals surface area contributed by atoms with Crippen molar-refractivity contribution in [3.8, 4) is 0 Å². The molecule has 0 saturated carbocycles. The van der Waals surface area contributed by atoms with Crippen LogP contribution in [0.4, 0.5) is 0 Å². The van der Waals surface area contributed by atoms with Crippen LogP contribution in [0.2, 0.25) is 0 Å². The summed E-state index contributed by atoms with van der Waals surface area (Å²) in [4.78, 5) is 23.4. The number of aliphatic carboxylic acids is 1. The fraction of sp³-hybridized carbons (Fsp3) is 0.500. The summed E-state index contributed by atoms with van der Waals surface area (Å²) >= 11 is 0. The van der Waals surface area contributed by atoms with Crippen LogP contribution in [0.1, 0.15) is 25.3 Å². The van der Waals surface area contributed by atoms with Gasteiger partial charge in [-0.3, -0.25) is 9.59 Å². The standard InChI is InChI=1S/C16H22N2O6S/c1-2-24-16(21)14-9-6-10-18(14)25(22,23)17-13(15(19)20)11-12-7-4-3-5-8-12/h3-5,7-8,13-14,17H,2,6,9-11H2,1H3,(H,19,20)/t13-,14?/m1/s1. The highest BCUT2D eigenvalue weighted by atomic mass is 32.2. The van der Waals surface area contributed by atoms with E-state index in [0.717, 1.165) is 4.31 Å². The lowest BCUT2D eigenvalue weighted by Crippen LogP contribution is -2.52. The van der Waals surface area contributed by atoms with Gasteiger partial charge in [0, 0.05) is 6.54 Å². The molecule has 0 radical (unpaired) electrons. The molecule has 1 aromatic carbocycles. The first-order valence-electron chi connectivity index (χ1n) is 8.07. The fourth-order valence-corrected chi connectivity index (χ4v) is 4.35. The minimum atomic E-state index is -4.14. The Morgan fingerprint density at radius 3 is 2.64 bits per heavy atom. The van der Waals surface area contributed by atoms with E-state index in [-0.39, 0.29) is 19.6 Å². The van der Waals surface area contributed by atoms with E-state index < -0.39 is 34.2 Å². The summed E-state index contributed by atoms with van der Waals surface area (Å²) in [6.45, 7) is 1.95. The quantitative estimate of drug-likeness (QED) is 0.646. The molecule has 1 saturated heterocycles. The number of nitrogens with one attached hydrogen (secondary N) is 1. The summed E-state index contributed by atoms with van der Waals surface area (Å²) in [6.07, 6.45) is 0.879. The monoisotopic (exact) mass is 370 g/mol. The molecular weight excluding hydrogens is 348 g/mol. The van der Waals surface area contributed by atoms with Gasteiger partial charge in [-0.05, 0) is 31.7 Å². The number of esters is 1. The lowest BCUT2D eigenvalue weighted by Gasteiger charge is -2.25. The zero-order chi connectivity index (χ0) is 18.4. The van der Waals surface area contributed by atoms with Crippen molar-refractivity contribution in [2.24, 2.45) is 0 Å². The number of carbonyl (C=O) groups excluding carboxylic acids is 1. The Morgan fingerprint density at radius 2 is 2.04 bits per heavy atom. The molecule has 138 valence electrons. The number of rotatable bonds is 8. The van der Waals surface area contributed by atoms with Crippen molar-refractivity contribution in [2.75, 3.05) is 13.2 Å². The van der Waals surface area contributed by atoms with Crippen LogP contribution in [0, 0.1) is 0 Å². The second-order valence-electron chi connectivity index (χ2n) is 5.72. The average Bonchev–Trinajstić information content (AvgIpc) is 3.06. The molecule has 0 amide bonds. The molecule has 8 nitrogen and oxygen atoms in total. The van der Waals surface area contributed by atoms with Gasteiger partial charge in [-0.1, -0.05) is 30.3 Å². The Balaban J connectivity index is 2.14. The van der Waals surface area contributed by atoms with Gasteiger partial charge in [0.25, 0.3) is 10.2 Å². The van der Waals surface area contributed by atoms with E-state index in [1.54, 1.807) is 37.3 Å². The molecule has 2 rings (SSSR count). The van der Waals surface area contributed by atoms with E-state index in [2.05, 4.69) is 4.72 Å². The lowest BCUT2D eigenvalue weighted by molar-refractivity contribution is -0.146. The number of hydrogen-bond donors (Lipinski definition) is 2. The Labute approximate surface area is 147 Å². The molecule has 1 aromatic rings.